The van der Waals surface area contributed by atoms with Crippen LogP contribution in [0.15, 0.2) is 53.4 Å². The highest BCUT2D eigenvalue weighted by molar-refractivity contribution is 7.93. The summed E-state index contributed by atoms with van der Waals surface area (Å²) < 4.78 is 30.0. The van der Waals surface area contributed by atoms with Crippen molar-refractivity contribution in [1.29, 1.82) is 0 Å². The molecule has 1 heterocycles. The van der Waals surface area contributed by atoms with Crippen molar-refractivity contribution in [1.82, 2.24) is 9.78 Å². The number of nitrogens with zero attached hydrogens (tertiary/aromatic N) is 3. The van der Waals surface area contributed by atoms with E-state index >= 15 is 0 Å². The summed E-state index contributed by atoms with van der Waals surface area (Å²) in [6.07, 6.45) is 0.754. The Kier molecular flexibility index (Phi) is 6.50. The number of aryl methyl sites for hydroxylation is 4. The third-order valence-electron chi connectivity index (χ3n) is 5.27. The second-order valence-electron chi connectivity index (χ2n) is 7.53. The molecule has 3 rings (SSSR count). The first kappa shape index (κ1) is 22.6. The average Bonchev–Trinajstić information content (AvgIpc) is 2.99. The van der Waals surface area contributed by atoms with Crippen molar-refractivity contribution in [3.63, 3.8) is 0 Å². The second kappa shape index (κ2) is 8.93. The zero-order valence-corrected chi connectivity index (χ0v) is 19.3. The van der Waals surface area contributed by atoms with Crippen LogP contribution in [0, 0.1) is 20.8 Å². The number of carbonyl (C=O) groups excluding carboxylic acids is 1. The van der Waals surface area contributed by atoms with Gasteiger partial charge in [0.2, 0.25) is 5.91 Å². The van der Waals surface area contributed by atoms with E-state index in [0.29, 0.717) is 22.8 Å². The van der Waals surface area contributed by atoms with Crippen LogP contribution in [-0.2, 0) is 28.3 Å². The summed E-state index contributed by atoms with van der Waals surface area (Å²) in [6, 6.07) is 14.6. The molecule has 0 saturated carbocycles. The number of hydrogen-bond acceptors (Lipinski definition) is 4. The topological polar surface area (TPSA) is 84.3 Å². The first-order valence-electron chi connectivity index (χ1n) is 10.1. The van der Waals surface area contributed by atoms with E-state index in [4.69, 9.17) is 0 Å². The average molecular weight is 441 g/mol. The summed E-state index contributed by atoms with van der Waals surface area (Å²) in [4.78, 5) is 13.1. The van der Waals surface area contributed by atoms with Crippen molar-refractivity contribution in [3.8, 4) is 0 Å². The number of benzene rings is 2. The van der Waals surface area contributed by atoms with Gasteiger partial charge in [-0.25, -0.2) is 8.42 Å². The van der Waals surface area contributed by atoms with Gasteiger partial charge >= 0.3 is 0 Å². The molecule has 0 spiro atoms. The van der Waals surface area contributed by atoms with Gasteiger partial charge in [-0.3, -0.25) is 13.8 Å². The number of para-hydroxylation sites is 1. The van der Waals surface area contributed by atoms with Gasteiger partial charge in [-0.2, -0.15) is 5.10 Å². The van der Waals surface area contributed by atoms with Crippen molar-refractivity contribution in [3.05, 3.63) is 71.0 Å². The van der Waals surface area contributed by atoms with Crippen LogP contribution in [0.5, 0.6) is 0 Å². The summed E-state index contributed by atoms with van der Waals surface area (Å²) in [5, 5.41) is 7.11. The van der Waals surface area contributed by atoms with Gasteiger partial charge in [0, 0.05) is 12.7 Å². The predicted molar refractivity (Wildman–Crippen MR) is 123 cm³/mol. The summed E-state index contributed by atoms with van der Waals surface area (Å²) in [7, 11) is -2.32. The van der Waals surface area contributed by atoms with Crippen molar-refractivity contribution < 1.29 is 13.2 Å². The van der Waals surface area contributed by atoms with Crippen LogP contribution in [0.2, 0.25) is 0 Å². The molecule has 0 aliphatic rings. The molecule has 1 aromatic heterocycles. The molecule has 0 bridgehead atoms. The molecule has 2 aromatic carbocycles. The summed E-state index contributed by atoms with van der Waals surface area (Å²) >= 11 is 0. The van der Waals surface area contributed by atoms with E-state index in [1.165, 1.54) is 4.68 Å². The van der Waals surface area contributed by atoms with Crippen LogP contribution in [0.3, 0.4) is 0 Å². The number of anilines is 2. The molecule has 1 N–H and O–H groups in total. The predicted octanol–water partition coefficient (Wildman–Crippen LogP) is 3.74. The van der Waals surface area contributed by atoms with Crippen molar-refractivity contribution in [2.24, 2.45) is 7.05 Å². The second-order valence-corrected chi connectivity index (χ2v) is 9.33. The normalized spacial score (nSPS) is 11.4. The molecular formula is C23H28N4O3S. The van der Waals surface area contributed by atoms with Gasteiger partial charge in [-0.15, -0.1) is 0 Å². The first-order valence-corrected chi connectivity index (χ1v) is 11.6. The Morgan fingerprint density at radius 3 is 2.29 bits per heavy atom. The monoisotopic (exact) mass is 440 g/mol. The molecule has 0 aliphatic heterocycles. The molecule has 7 nitrogen and oxygen atoms in total. The molecule has 0 atom stereocenters. The van der Waals surface area contributed by atoms with E-state index in [9.17, 15) is 13.2 Å². The van der Waals surface area contributed by atoms with Crippen LogP contribution in [0.1, 0.15) is 29.4 Å². The molecule has 0 unspecified atom stereocenters. The van der Waals surface area contributed by atoms with Crippen LogP contribution >= 0.6 is 0 Å². The third kappa shape index (κ3) is 4.64. The lowest BCUT2D eigenvalue weighted by molar-refractivity contribution is -0.114. The van der Waals surface area contributed by atoms with E-state index in [-0.39, 0.29) is 11.4 Å². The number of aromatic nitrogens is 2. The smallest absolute Gasteiger partial charge is 0.268 e. The van der Waals surface area contributed by atoms with Gasteiger partial charge < -0.3 is 5.32 Å². The summed E-state index contributed by atoms with van der Waals surface area (Å²) in [6.45, 7) is 6.94. The number of sulfonamides is 1. The Labute approximate surface area is 183 Å². The number of nitrogens with one attached hydrogen (secondary N) is 1. The number of rotatable bonds is 7. The van der Waals surface area contributed by atoms with Gasteiger partial charge in [0.25, 0.3) is 10.0 Å². The van der Waals surface area contributed by atoms with Crippen LogP contribution in [-0.4, -0.2) is 30.7 Å². The maximum atomic E-state index is 13.7. The minimum absolute atomic E-state index is 0.123. The fourth-order valence-electron chi connectivity index (χ4n) is 3.53. The van der Waals surface area contributed by atoms with Gasteiger partial charge in [0.1, 0.15) is 11.4 Å². The number of amides is 1. The van der Waals surface area contributed by atoms with Gasteiger partial charge in [0.15, 0.2) is 0 Å². The standard InChI is InChI=1S/C23H28N4O3S/c1-6-19-9-7-8-10-21(19)24-22(28)15-27(20-13-11-16(2)12-14-20)31(29,30)23-17(3)25-26(5)18(23)4/h7-14H,6,15H2,1-5H3,(H,24,28). The summed E-state index contributed by atoms with van der Waals surface area (Å²) in [5.74, 6) is -0.413. The molecular weight excluding hydrogens is 412 g/mol. The van der Waals surface area contributed by atoms with E-state index in [1.807, 2.05) is 50.2 Å². The molecule has 8 heteroatoms. The minimum Gasteiger partial charge on any atom is -0.324 e. The highest BCUT2D eigenvalue weighted by Crippen LogP contribution is 2.28. The Bertz CT molecular complexity index is 1200. The molecule has 0 aliphatic carbocycles. The number of hydrogen-bond donors (Lipinski definition) is 1. The third-order valence-corrected chi connectivity index (χ3v) is 7.30. The quantitative estimate of drug-likeness (QED) is 0.607. The maximum absolute atomic E-state index is 13.7. The Balaban J connectivity index is 2.01. The molecule has 164 valence electrons. The van der Waals surface area contributed by atoms with E-state index in [0.717, 1.165) is 21.9 Å². The zero-order valence-electron chi connectivity index (χ0n) is 18.5. The van der Waals surface area contributed by atoms with Crippen LogP contribution < -0.4 is 9.62 Å². The van der Waals surface area contributed by atoms with Gasteiger partial charge in [0.05, 0.1) is 17.1 Å². The lowest BCUT2D eigenvalue weighted by Crippen LogP contribution is -2.38. The number of carbonyl (C=O) groups is 1. The highest BCUT2D eigenvalue weighted by atomic mass is 32.2. The van der Waals surface area contributed by atoms with E-state index in [1.54, 1.807) is 33.0 Å². The molecule has 3 aromatic rings. The maximum Gasteiger partial charge on any atom is 0.268 e. The van der Waals surface area contributed by atoms with Gasteiger partial charge in [-0.05, 0) is 51.0 Å². The van der Waals surface area contributed by atoms with Crippen molar-refractivity contribution in [2.75, 3.05) is 16.2 Å². The zero-order chi connectivity index (χ0) is 22.8. The Hall–Kier alpha value is -3.13. The first-order chi connectivity index (χ1) is 14.6. The van der Waals surface area contributed by atoms with Crippen LogP contribution in [0.25, 0.3) is 0 Å². The lowest BCUT2D eigenvalue weighted by Gasteiger charge is -2.24. The largest absolute Gasteiger partial charge is 0.324 e. The van der Waals surface area contributed by atoms with Gasteiger partial charge in [-0.1, -0.05) is 42.8 Å². The van der Waals surface area contributed by atoms with E-state index < -0.39 is 15.9 Å². The summed E-state index contributed by atoms with van der Waals surface area (Å²) in [5.41, 5.74) is 4.01. The SMILES string of the molecule is CCc1ccccc1NC(=O)CN(c1ccc(C)cc1)S(=O)(=O)c1c(C)nn(C)c1C. The minimum atomic E-state index is -4.02. The lowest BCUT2D eigenvalue weighted by atomic mass is 10.1. The molecule has 0 fully saturated rings. The Morgan fingerprint density at radius 2 is 1.71 bits per heavy atom. The Morgan fingerprint density at radius 1 is 1.06 bits per heavy atom. The fourth-order valence-corrected chi connectivity index (χ4v) is 5.36. The van der Waals surface area contributed by atoms with E-state index in [2.05, 4.69) is 10.4 Å². The highest BCUT2D eigenvalue weighted by Gasteiger charge is 2.32. The fraction of sp³-hybridized carbons (Fsp3) is 0.304. The van der Waals surface area contributed by atoms with Crippen LogP contribution in [0.4, 0.5) is 11.4 Å². The molecule has 0 saturated heterocycles. The molecule has 1 amide bonds. The molecule has 31 heavy (non-hydrogen) atoms. The molecule has 0 radical (unpaired) electrons. The van der Waals surface area contributed by atoms with Crippen molar-refractivity contribution >= 4 is 27.3 Å². The van der Waals surface area contributed by atoms with Crippen molar-refractivity contribution in [2.45, 2.75) is 39.0 Å².